The third kappa shape index (κ3) is 3.93. The quantitative estimate of drug-likeness (QED) is 0.906. The Bertz CT molecular complexity index is 728. The SMILES string of the molecule is CC1CN(CCc2ccccc2)CCC1(C)c1cccc(C(N)=O)c1. The molecule has 2 atom stereocenters. The van der Waals surface area contributed by atoms with E-state index < -0.39 is 0 Å². The summed E-state index contributed by atoms with van der Waals surface area (Å²) in [5.41, 5.74) is 8.80. The van der Waals surface area contributed by atoms with Gasteiger partial charge in [0.1, 0.15) is 0 Å². The van der Waals surface area contributed by atoms with E-state index in [2.05, 4.69) is 55.1 Å². The Morgan fingerprint density at radius 2 is 1.96 bits per heavy atom. The van der Waals surface area contributed by atoms with Crippen LogP contribution in [0.5, 0.6) is 0 Å². The zero-order valence-electron chi connectivity index (χ0n) is 15.2. The van der Waals surface area contributed by atoms with Gasteiger partial charge >= 0.3 is 0 Å². The van der Waals surface area contributed by atoms with Crippen molar-refractivity contribution in [2.45, 2.75) is 32.1 Å². The van der Waals surface area contributed by atoms with Gasteiger partial charge in [0, 0.05) is 18.7 Å². The van der Waals surface area contributed by atoms with Gasteiger partial charge in [-0.25, -0.2) is 0 Å². The fourth-order valence-corrected chi connectivity index (χ4v) is 3.91. The van der Waals surface area contributed by atoms with Crippen LogP contribution in [0.25, 0.3) is 0 Å². The van der Waals surface area contributed by atoms with Gasteiger partial charge in [-0.05, 0) is 54.0 Å². The summed E-state index contributed by atoms with van der Waals surface area (Å²) in [6.07, 6.45) is 2.20. The van der Waals surface area contributed by atoms with Crippen LogP contribution in [0.3, 0.4) is 0 Å². The molecule has 0 bridgehead atoms. The van der Waals surface area contributed by atoms with Crippen LogP contribution in [0.2, 0.25) is 0 Å². The Labute approximate surface area is 150 Å². The fourth-order valence-electron chi connectivity index (χ4n) is 3.91. The molecule has 0 spiro atoms. The largest absolute Gasteiger partial charge is 0.366 e. The second-order valence-electron chi connectivity index (χ2n) is 7.55. The van der Waals surface area contributed by atoms with Crippen molar-refractivity contribution in [1.29, 1.82) is 0 Å². The molecule has 1 saturated heterocycles. The van der Waals surface area contributed by atoms with Crippen molar-refractivity contribution in [2.24, 2.45) is 11.7 Å². The van der Waals surface area contributed by atoms with Crippen molar-refractivity contribution < 1.29 is 4.79 Å². The number of rotatable bonds is 5. The van der Waals surface area contributed by atoms with Crippen LogP contribution in [0, 0.1) is 5.92 Å². The third-order valence-corrected chi connectivity index (χ3v) is 5.93. The highest BCUT2D eigenvalue weighted by molar-refractivity contribution is 5.92. The van der Waals surface area contributed by atoms with Gasteiger partial charge in [-0.1, -0.05) is 56.3 Å². The van der Waals surface area contributed by atoms with Crippen molar-refractivity contribution in [3.63, 3.8) is 0 Å². The van der Waals surface area contributed by atoms with Crippen molar-refractivity contribution in [3.05, 3.63) is 71.3 Å². The summed E-state index contributed by atoms with van der Waals surface area (Å²) in [6, 6.07) is 18.6. The molecule has 1 aliphatic heterocycles. The number of piperidine rings is 1. The highest BCUT2D eigenvalue weighted by Crippen LogP contribution is 2.39. The van der Waals surface area contributed by atoms with Gasteiger partial charge in [0.05, 0.1) is 0 Å². The minimum Gasteiger partial charge on any atom is -0.366 e. The average molecular weight is 336 g/mol. The van der Waals surface area contributed by atoms with Crippen LogP contribution in [-0.2, 0) is 11.8 Å². The highest BCUT2D eigenvalue weighted by Gasteiger charge is 2.37. The van der Waals surface area contributed by atoms with Crippen LogP contribution in [-0.4, -0.2) is 30.4 Å². The van der Waals surface area contributed by atoms with E-state index in [9.17, 15) is 4.79 Å². The Morgan fingerprint density at radius 3 is 2.64 bits per heavy atom. The average Bonchev–Trinajstić information content (AvgIpc) is 2.64. The minimum absolute atomic E-state index is 0.0920. The van der Waals surface area contributed by atoms with Gasteiger partial charge in [0.25, 0.3) is 0 Å². The van der Waals surface area contributed by atoms with E-state index in [1.165, 1.54) is 11.1 Å². The molecule has 2 aromatic rings. The van der Waals surface area contributed by atoms with Crippen LogP contribution in [0.15, 0.2) is 54.6 Å². The van der Waals surface area contributed by atoms with Crippen LogP contribution >= 0.6 is 0 Å². The predicted octanol–water partition coefficient (Wildman–Crippen LogP) is 3.63. The first kappa shape index (κ1) is 17.7. The molecular formula is C22H28N2O. The summed E-state index contributed by atoms with van der Waals surface area (Å²) >= 11 is 0. The summed E-state index contributed by atoms with van der Waals surface area (Å²) in [6.45, 7) is 7.93. The molecule has 132 valence electrons. The molecule has 1 amide bonds. The molecule has 3 nitrogen and oxygen atoms in total. The first-order valence-corrected chi connectivity index (χ1v) is 9.15. The summed E-state index contributed by atoms with van der Waals surface area (Å²) in [5.74, 6) is 0.179. The van der Waals surface area contributed by atoms with Gasteiger partial charge in [-0.15, -0.1) is 0 Å². The number of likely N-dealkylation sites (tertiary alicyclic amines) is 1. The van der Waals surface area contributed by atoms with E-state index in [4.69, 9.17) is 5.73 Å². The highest BCUT2D eigenvalue weighted by atomic mass is 16.1. The second-order valence-corrected chi connectivity index (χ2v) is 7.55. The van der Waals surface area contributed by atoms with Crippen LogP contribution in [0.4, 0.5) is 0 Å². The molecule has 1 heterocycles. The van der Waals surface area contributed by atoms with E-state index in [1.54, 1.807) is 6.07 Å². The molecular weight excluding hydrogens is 308 g/mol. The normalized spacial score (nSPS) is 24.2. The smallest absolute Gasteiger partial charge is 0.248 e. The maximum absolute atomic E-state index is 11.5. The number of primary amides is 1. The molecule has 3 rings (SSSR count). The first-order chi connectivity index (χ1) is 12.0. The van der Waals surface area contributed by atoms with E-state index in [-0.39, 0.29) is 11.3 Å². The minimum atomic E-state index is -0.349. The molecule has 1 aliphatic rings. The van der Waals surface area contributed by atoms with E-state index >= 15 is 0 Å². The number of carbonyl (C=O) groups excluding carboxylic acids is 1. The number of carbonyl (C=O) groups is 1. The lowest BCUT2D eigenvalue weighted by Crippen LogP contribution is -2.47. The van der Waals surface area contributed by atoms with Crippen molar-refractivity contribution >= 4 is 5.91 Å². The summed E-state index contributed by atoms with van der Waals surface area (Å²) in [5, 5.41) is 0. The predicted molar refractivity (Wildman–Crippen MR) is 103 cm³/mol. The van der Waals surface area contributed by atoms with E-state index in [0.717, 1.165) is 32.5 Å². The topological polar surface area (TPSA) is 46.3 Å². The van der Waals surface area contributed by atoms with Crippen LogP contribution < -0.4 is 5.73 Å². The molecule has 0 saturated carbocycles. The fraction of sp³-hybridized carbons (Fsp3) is 0.409. The molecule has 25 heavy (non-hydrogen) atoms. The van der Waals surface area contributed by atoms with Gasteiger partial charge in [-0.3, -0.25) is 4.79 Å². The maximum Gasteiger partial charge on any atom is 0.248 e. The van der Waals surface area contributed by atoms with Gasteiger partial charge in [-0.2, -0.15) is 0 Å². The van der Waals surface area contributed by atoms with Gasteiger partial charge in [0.2, 0.25) is 5.91 Å². The monoisotopic (exact) mass is 336 g/mol. The number of hydrogen-bond donors (Lipinski definition) is 1. The molecule has 3 heteroatoms. The number of hydrogen-bond acceptors (Lipinski definition) is 2. The Kier molecular flexibility index (Phi) is 5.24. The van der Waals surface area contributed by atoms with Crippen LogP contribution in [0.1, 0.15) is 41.8 Å². The summed E-state index contributed by atoms with van der Waals surface area (Å²) in [4.78, 5) is 14.1. The van der Waals surface area contributed by atoms with Crippen molar-refractivity contribution in [1.82, 2.24) is 4.90 Å². The molecule has 1 fully saturated rings. The molecule has 0 aromatic heterocycles. The number of benzene rings is 2. The molecule has 0 radical (unpaired) electrons. The Hall–Kier alpha value is -2.13. The molecule has 0 aliphatic carbocycles. The molecule has 2 aromatic carbocycles. The maximum atomic E-state index is 11.5. The molecule has 2 unspecified atom stereocenters. The molecule has 2 N–H and O–H groups in total. The zero-order chi connectivity index (χ0) is 17.9. The number of amides is 1. The Balaban J connectivity index is 1.66. The first-order valence-electron chi connectivity index (χ1n) is 9.15. The van der Waals surface area contributed by atoms with Gasteiger partial charge < -0.3 is 10.6 Å². The van der Waals surface area contributed by atoms with Crippen molar-refractivity contribution in [3.8, 4) is 0 Å². The number of nitrogens with two attached hydrogens (primary N) is 1. The van der Waals surface area contributed by atoms with Crippen molar-refractivity contribution in [2.75, 3.05) is 19.6 Å². The summed E-state index contributed by atoms with van der Waals surface area (Å²) in [7, 11) is 0. The van der Waals surface area contributed by atoms with Gasteiger partial charge in [0.15, 0.2) is 0 Å². The number of nitrogens with zero attached hydrogens (tertiary/aromatic N) is 1. The standard InChI is InChI=1S/C22H28N2O/c1-17-16-24(13-11-18-7-4-3-5-8-18)14-12-22(17,2)20-10-6-9-19(15-20)21(23)25/h3-10,15,17H,11-14,16H2,1-2H3,(H2,23,25). The summed E-state index contributed by atoms with van der Waals surface area (Å²) < 4.78 is 0. The lowest BCUT2D eigenvalue weighted by Gasteiger charge is -2.45. The zero-order valence-corrected chi connectivity index (χ0v) is 15.2. The van der Waals surface area contributed by atoms with E-state index in [0.29, 0.717) is 11.5 Å². The third-order valence-electron chi connectivity index (χ3n) is 5.93. The lowest BCUT2D eigenvalue weighted by molar-refractivity contribution is 0.0998. The Morgan fingerprint density at radius 1 is 1.20 bits per heavy atom. The second kappa shape index (κ2) is 7.40. The van der Waals surface area contributed by atoms with E-state index in [1.807, 2.05) is 12.1 Å². The lowest BCUT2D eigenvalue weighted by atomic mass is 9.68.